The van der Waals surface area contributed by atoms with E-state index in [-0.39, 0.29) is 36.5 Å². The number of benzene rings is 1. The first-order valence-corrected chi connectivity index (χ1v) is 12.4. The zero-order valence-electron chi connectivity index (χ0n) is 18.3. The number of halogens is 3. The summed E-state index contributed by atoms with van der Waals surface area (Å²) in [7, 11) is -1.98. The monoisotopic (exact) mass is 476 g/mol. The zero-order chi connectivity index (χ0) is 23.4. The Kier molecular flexibility index (Phi) is 8.18. The van der Waals surface area contributed by atoms with Crippen molar-refractivity contribution in [3.8, 4) is 0 Å². The average Bonchev–Trinajstić information content (AvgIpc) is 2.74. The van der Waals surface area contributed by atoms with Gasteiger partial charge in [0.25, 0.3) is 0 Å². The number of hydrogen-bond donors (Lipinski definition) is 1. The van der Waals surface area contributed by atoms with Crippen molar-refractivity contribution in [3.63, 3.8) is 0 Å². The molecule has 0 unspecified atom stereocenters. The molecule has 1 heterocycles. The highest BCUT2D eigenvalue weighted by molar-refractivity contribution is 7.89. The van der Waals surface area contributed by atoms with Gasteiger partial charge in [-0.05, 0) is 37.1 Å². The van der Waals surface area contributed by atoms with E-state index >= 15 is 0 Å². The Morgan fingerprint density at radius 1 is 1.03 bits per heavy atom. The van der Waals surface area contributed by atoms with Crippen molar-refractivity contribution in [3.05, 3.63) is 24.3 Å². The molecule has 0 bridgehead atoms. The lowest BCUT2D eigenvalue weighted by atomic mass is 9.96. The predicted octanol–water partition coefficient (Wildman–Crippen LogP) is 2.76. The first-order valence-electron chi connectivity index (χ1n) is 10.9. The van der Waals surface area contributed by atoms with Gasteiger partial charge in [-0.15, -0.1) is 0 Å². The van der Waals surface area contributed by atoms with Crippen LogP contribution in [-0.2, 0) is 14.8 Å². The number of anilines is 1. The third-order valence-corrected chi connectivity index (χ3v) is 8.06. The fraction of sp³-hybridized carbons (Fsp3) is 0.667. The summed E-state index contributed by atoms with van der Waals surface area (Å²) in [6, 6.07) is 6.10. The van der Waals surface area contributed by atoms with Crippen LogP contribution in [0.1, 0.15) is 32.1 Å². The maximum Gasteiger partial charge on any atom is 0.401 e. The Morgan fingerprint density at radius 2 is 1.59 bits per heavy atom. The molecule has 1 aromatic carbocycles. The van der Waals surface area contributed by atoms with Gasteiger partial charge in [0.05, 0.1) is 18.0 Å². The highest BCUT2D eigenvalue weighted by atomic mass is 32.2. The van der Waals surface area contributed by atoms with E-state index in [1.807, 2.05) is 0 Å². The molecule has 1 amide bonds. The number of amides is 1. The quantitative estimate of drug-likeness (QED) is 0.655. The average molecular weight is 477 g/mol. The van der Waals surface area contributed by atoms with Gasteiger partial charge in [0.15, 0.2) is 0 Å². The highest BCUT2D eigenvalue weighted by Gasteiger charge is 2.32. The van der Waals surface area contributed by atoms with E-state index in [2.05, 4.69) is 5.32 Å². The fourth-order valence-corrected chi connectivity index (χ4v) is 5.70. The Morgan fingerprint density at radius 3 is 2.16 bits per heavy atom. The highest BCUT2D eigenvalue weighted by Crippen LogP contribution is 2.27. The number of hydrogen-bond acceptors (Lipinski definition) is 5. The Balaban J connectivity index is 1.49. The van der Waals surface area contributed by atoms with Crippen molar-refractivity contribution in [2.45, 2.75) is 49.2 Å². The molecule has 32 heavy (non-hydrogen) atoms. The molecule has 1 saturated carbocycles. The van der Waals surface area contributed by atoms with Crippen molar-refractivity contribution < 1.29 is 26.4 Å². The van der Waals surface area contributed by atoms with Crippen molar-refractivity contribution in [2.24, 2.45) is 0 Å². The van der Waals surface area contributed by atoms with Crippen LogP contribution in [0.25, 0.3) is 0 Å². The van der Waals surface area contributed by atoms with Crippen LogP contribution in [0.2, 0.25) is 0 Å². The molecule has 0 aromatic heterocycles. The standard InChI is InChI=1S/C21H31F3N4O3S/c1-26(18-5-3-2-4-6-18)32(30,31)19-9-7-17(8-10-19)25-20(29)15-27-11-13-28(14-12-27)16-21(22,23)24/h7-10,18H,2-6,11-16H2,1H3,(H,25,29). The van der Waals surface area contributed by atoms with Crippen LogP contribution in [0.5, 0.6) is 0 Å². The van der Waals surface area contributed by atoms with Crippen LogP contribution in [-0.4, -0.2) is 87.0 Å². The summed E-state index contributed by atoms with van der Waals surface area (Å²) < 4.78 is 64.7. The number of nitrogens with zero attached hydrogens (tertiary/aromatic N) is 3. The molecule has 2 fully saturated rings. The second-order valence-corrected chi connectivity index (χ2v) is 10.6. The van der Waals surface area contributed by atoms with Gasteiger partial charge in [-0.2, -0.15) is 17.5 Å². The molecule has 3 rings (SSSR count). The minimum Gasteiger partial charge on any atom is -0.325 e. The van der Waals surface area contributed by atoms with Gasteiger partial charge < -0.3 is 5.32 Å². The molecular weight excluding hydrogens is 445 g/mol. The van der Waals surface area contributed by atoms with Gasteiger partial charge in [-0.3, -0.25) is 14.6 Å². The zero-order valence-corrected chi connectivity index (χ0v) is 19.1. The van der Waals surface area contributed by atoms with E-state index in [0.717, 1.165) is 32.1 Å². The van der Waals surface area contributed by atoms with E-state index in [4.69, 9.17) is 0 Å². The lowest BCUT2D eigenvalue weighted by Crippen LogP contribution is -2.50. The van der Waals surface area contributed by atoms with Gasteiger partial charge in [0.2, 0.25) is 15.9 Å². The van der Waals surface area contributed by atoms with Crippen LogP contribution in [0.3, 0.4) is 0 Å². The van der Waals surface area contributed by atoms with Crippen molar-refractivity contribution >= 4 is 21.6 Å². The van der Waals surface area contributed by atoms with Crippen LogP contribution in [0, 0.1) is 0 Å². The Labute approximate surface area is 187 Å². The third-order valence-electron chi connectivity index (χ3n) is 6.14. The maximum atomic E-state index is 12.9. The fourth-order valence-electron chi connectivity index (χ4n) is 4.28. The second-order valence-electron chi connectivity index (χ2n) is 8.55. The Bertz CT molecular complexity index is 863. The molecule has 2 aliphatic rings. The molecule has 0 spiro atoms. The van der Waals surface area contributed by atoms with Crippen molar-refractivity contribution in [1.82, 2.24) is 14.1 Å². The molecule has 7 nitrogen and oxygen atoms in total. The summed E-state index contributed by atoms with van der Waals surface area (Å²) in [6.07, 6.45) is 0.731. The molecule has 1 aliphatic carbocycles. The lowest BCUT2D eigenvalue weighted by molar-refractivity contribution is -0.149. The lowest BCUT2D eigenvalue weighted by Gasteiger charge is -2.34. The number of nitrogens with one attached hydrogen (secondary N) is 1. The molecular formula is C21H31F3N4O3S. The molecule has 0 radical (unpaired) electrons. The molecule has 11 heteroatoms. The molecule has 0 atom stereocenters. The number of rotatable bonds is 7. The smallest absolute Gasteiger partial charge is 0.325 e. The number of sulfonamides is 1. The predicted molar refractivity (Wildman–Crippen MR) is 116 cm³/mol. The summed E-state index contributed by atoms with van der Waals surface area (Å²) in [6.45, 7) is 0.423. The SMILES string of the molecule is CN(C1CCCCC1)S(=O)(=O)c1ccc(NC(=O)CN2CCN(CC(F)(F)F)CC2)cc1. The number of piperazine rings is 1. The van der Waals surface area contributed by atoms with E-state index in [1.165, 1.54) is 21.3 Å². The van der Waals surface area contributed by atoms with E-state index in [1.54, 1.807) is 24.1 Å². The topological polar surface area (TPSA) is 73.0 Å². The molecule has 1 N–H and O–H groups in total. The number of alkyl halides is 3. The maximum absolute atomic E-state index is 12.9. The summed E-state index contributed by atoms with van der Waals surface area (Å²) in [4.78, 5) is 15.6. The largest absolute Gasteiger partial charge is 0.401 e. The number of carbonyl (C=O) groups is 1. The molecule has 1 aliphatic heterocycles. The van der Waals surface area contributed by atoms with Crippen LogP contribution in [0.15, 0.2) is 29.2 Å². The van der Waals surface area contributed by atoms with Crippen LogP contribution in [0.4, 0.5) is 18.9 Å². The summed E-state index contributed by atoms with van der Waals surface area (Å²) in [5, 5.41) is 2.73. The van der Waals surface area contributed by atoms with Crippen molar-refractivity contribution in [1.29, 1.82) is 0 Å². The summed E-state index contributed by atoms with van der Waals surface area (Å²) in [5.74, 6) is -0.288. The third kappa shape index (κ3) is 6.90. The molecule has 1 saturated heterocycles. The summed E-state index contributed by atoms with van der Waals surface area (Å²) in [5.41, 5.74) is 0.477. The van der Waals surface area contributed by atoms with Gasteiger partial charge in [-0.25, -0.2) is 8.42 Å². The Hall–Kier alpha value is -1.69. The van der Waals surface area contributed by atoms with E-state index < -0.39 is 22.7 Å². The van der Waals surface area contributed by atoms with Gasteiger partial charge in [0.1, 0.15) is 0 Å². The molecule has 180 valence electrons. The van der Waals surface area contributed by atoms with Crippen LogP contribution < -0.4 is 5.32 Å². The van der Waals surface area contributed by atoms with Gasteiger partial charge >= 0.3 is 6.18 Å². The molecule has 1 aromatic rings. The first-order chi connectivity index (χ1) is 15.0. The van der Waals surface area contributed by atoms with Crippen LogP contribution >= 0.6 is 0 Å². The normalized spacial score (nSPS) is 19.9. The van der Waals surface area contributed by atoms with Crippen molar-refractivity contribution in [2.75, 3.05) is 51.6 Å². The minimum absolute atomic E-state index is 0.0183. The van der Waals surface area contributed by atoms with Gasteiger partial charge in [0, 0.05) is 45.0 Å². The minimum atomic E-state index is -4.22. The second kappa shape index (κ2) is 10.5. The summed E-state index contributed by atoms with van der Waals surface area (Å²) >= 11 is 0. The number of carbonyl (C=O) groups excluding carboxylic acids is 1. The van der Waals surface area contributed by atoms with E-state index in [9.17, 15) is 26.4 Å². The first kappa shape index (κ1) is 24.9. The van der Waals surface area contributed by atoms with Gasteiger partial charge in [-0.1, -0.05) is 19.3 Å². The van der Waals surface area contributed by atoms with E-state index in [0.29, 0.717) is 18.8 Å².